The van der Waals surface area contributed by atoms with Crippen LogP contribution in [-0.2, 0) is 6.54 Å². The van der Waals surface area contributed by atoms with Crippen LogP contribution in [0.4, 0.5) is 9.52 Å². The first-order valence-corrected chi connectivity index (χ1v) is 11.3. The number of nitrogens with one attached hydrogen (secondary N) is 1. The molecule has 5 aromatic rings. The summed E-state index contributed by atoms with van der Waals surface area (Å²) in [6.07, 6.45) is 10.6. The Bertz CT molecular complexity index is 1450. The number of thiazole rings is 1. The molecule has 0 unspecified atom stereocenters. The molecule has 0 saturated carbocycles. The molecule has 0 fully saturated rings. The van der Waals surface area contributed by atoms with Crippen LogP contribution in [0.15, 0.2) is 84.9 Å². The molecule has 0 aliphatic carbocycles. The zero-order valence-electron chi connectivity index (χ0n) is 17.9. The van der Waals surface area contributed by atoms with Gasteiger partial charge in [0.05, 0.1) is 17.7 Å². The second kappa shape index (κ2) is 9.63. The Hall–Kier alpha value is -4.37. The molecule has 168 valence electrons. The van der Waals surface area contributed by atoms with Crippen molar-refractivity contribution in [3.05, 3.63) is 113 Å². The Kier molecular flexibility index (Phi) is 6.09. The van der Waals surface area contributed by atoms with Gasteiger partial charge in [-0.25, -0.2) is 15.0 Å². The first-order chi connectivity index (χ1) is 16.6. The van der Waals surface area contributed by atoms with E-state index >= 15 is 0 Å². The lowest BCUT2D eigenvalue weighted by Gasteiger charge is -2.09. The van der Waals surface area contributed by atoms with Gasteiger partial charge in [0.25, 0.3) is 5.91 Å². The number of imidazole rings is 1. The molecule has 1 N–H and O–H groups in total. The van der Waals surface area contributed by atoms with E-state index < -0.39 is 5.95 Å². The van der Waals surface area contributed by atoms with E-state index in [1.165, 1.54) is 23.6 Å². The summed E-state index contributed by atoms with van der Waals surface area (Å²) < 4.78 is 17.1. The Labute approximate surface area is 198 Å². The van der Waals surface area contributed by atoms with Crippen LogP contribution in [0.3, 0.4) is 0 Å². The number of carbonyl (C=O) groups excluding carboxylic acids is 1. The van der Waals surface area contributed by atoms with Gasteiger partial charge in [-0.1, -0.05) is 18.2 Å². The molecule has 0 saturated heterocycles. The highest BCUT2D eigenvalue weighted by Gasteiger charge is 2.13. The zero-order chi connectivity index (χ0) is 23.3. The summed E-state index contributed by atoms with van der Waals surface area (Å²) in [5.41, 5.74) is 3.72. The molecule has 0 aliphatic heterocycles. The monoisotopic (exact) mass is 470 g/mol. The fourth-order valence-corrected chi connectivity index (χ4v) is 4.09. The Morgan fingerprint density at radius 2 is 1.91 bits per heavy atom. The Morgan fingerprint density at radius 1 is 1.06 bits per heavy atom. The zero-order valence-corrected chi connectivity index (χ0v) is 18.7. The largest absolute Gasteiger partial charge is 0.339 e. The third kappa shape index (κ3) is 5.00. The van der Waals surface area contributed by atoms with E-state index in [0.29, 0.717) is 22.9 Å². The smallest absolute Gasteiger partial charge is 0.274 e. The number of halogens is 1. The molecule has 7 nitrogen and oxygen atoms in total. The van der Waals surface area contributed by atoms with Gasteiger partial charge in [0.2, 0.25) is 5.95 Å². The SMILES string of the molecule is O=C(Nc1nc(/C=C/c2cn(-c3ccccc3)cn2)cs1)c1cccn1Cc1ccnc(F)c1. The van der Waals surface area contributed by atoms with Gasteiger partial charge in [-0.3, -0.25) is 10.1 Å². The molecular formula is C25H19FN6OS. The molecule has 0 aliphatic rings. The summed E-state index contributed by atoms with van der Waals surface area (Å²) in [7, 11) is 0. The second-order valence-corrected chi connectivity index (χ2v) is 8.27. The quantitative estimate of drug-likeness (QED) is 0.334. The van der Waals surface area contributed by atoms with Crippen LogP contribution in [0.25, 0.3) is 17.8 Å². The summed E-state index contributed by atoms with van der Waals surface area (Å²) in [5.74, 6) is -0.836. The molecule has 0 radical (unpaired) electrons. The third-order valence-electron chi connectivity index (χ3n) is 5.03. The number of anilines is 1. The molecule has 4 heterocycles. The molecule has 4 aromatic heterocycles. The van der Waals surface area contributed by atoms with Crippen LogP contribution in [0.1, 0.15) is 27.4 Å². The first kappa shape index (κ1) is 21.5. The minimum atomic E-state index is -0.550. The molecule has 5 rings (SSSR count). The van der Waals surface area contributed by atoms with Crippen LogP contribution >= 0.6 is 11.3 Å². The average Bonchev–Trinajstić information content (AvgIpc) is 3.60. The van der Waals surface area contributed by atoms with Crippen molar-refractivity contribution in [1.29, 1.82) is 0 Å². The maximum Gasteiger partial charge on any atom is 0.274 e. The van der Waals surface area contributed by atoms with Crippen molar-refractivity contribution in [2.24, 2.45) is 0 Å². The molecule has 1 aromatic carbocycles. The van der Waals surface area contributed by atoms with E-state index in [4.69, 9.17) is 0 Å². The first-order valence-electron chi connectivity index (χ1n) is 10.4. The topological polar surface area (TPSA) is 77.6 Å². The van der Waals surface area contributed by atoms with Crippen molar-refractivity contribution < 1.29 is 9.18 Å². The number of hydrogen-bond donors (Lipinski definition) is 1. The van der Waals surface area contributed by atoms with Crippen molar-refractivity contribution in [3.8, 4) is 5.69 Å². The number of para-hydroxylation sites is 1. The van der Waals surface area contributed by atoms with Crippen LogP contribution < -0.4 is 5.32 Å². The van der Waals surface area contributed by atoms with Crippen LogP contribution in [0.5, 0.6) is 0 Å². The lowest BCUT2D eigenvalue weighted by atomic mass is 10.2. The van der Waals surface area contributed by atoms with E-state index in [9.17, 15) is 9.18 Å². The van der Waals surface area contributed by atoms with Gasteiger partial charge in [0, 0.05) is 36.2 Å². The van der Waals surface area contributed by atoms with Gasteiger partial charge < -0.3 is 9.13 Å². The van der Waals surface area contributed by atoms with Gasteiger partial charge in [0.1, 0.15) is 5.69 Å². The average molecular weight is 471 g/mol. The summed E-state index contributed by atoms with van der Waals surface area (Å²) in [4.78, 5) is 25.2. The van der Waals surface area contributed by atoms with Crippen molar-refractivity contribution in [2.45, 2.75) is 6.54 Å². The number of rotatable bonds is 7. The Balaban J connectivity index is 1.23. The number of nitrogens with zero attached hydrogens (tertiary/aromatic N) is 5. The normalized spacial score (nSPS) is 11.2. The van der Waals surface area contributed by atoms with Crippen molar-refractivity contribution in [2.75, 3.05) is 5.32 Å². The summed E-state index contributed by atoms with van der Waals surface area (Å²) >= 11 is 1.34. The lowest BCUT2D eigenvalue weighted by molar-refractivity contribution is 0.101. The highest BCUT2D eigenvalue weighted by Crippen LogP contribution is 2.19. The number of carbonyl (C=O) groups is 1. The van der Waals surface area contributed by atoms with Gasteiger partial charge in [-0.05, 0) is 54.1 Å². The predicted molar refractivity (Wildman–Crippen MR) is 130 cm³/mol. The molecule has 34 heavy (non-hydrogen) atoms. The maximum atomic E-state index is 13.4. The lowest BCUT2D eigenvalue weighted by Crippen LogP contribution is -2.17. The van der Waals surface area contributed by atoms with Crippen LogP contribution in [-0.4, -0.2) is 30.0 Å². The summed E-state index contributed by atoms with van der Waals surface area (Å²) in [5, 5.41) is 5.18. The van der Waals surface area contributed by atoms with E-state index in [1.54, 1.807) is 35.3 Å². The third-order valence-corrected chi connectivity index (χ3v) is 5.81. The Morgan fingerprint density at radius 3 is 2.76 bits per heavy atom. The molecule has 1 amide bonds. The van der Waals surface area contributed by atoms with Gasteiger partial charge in [-0.2, -0.15) is 4.39 Å². The summed E-state index contributed by atoms with van der Waals surface area (Å²) in [6.45, 7) is 0.358. The molecule has 0 atom stereocenters. The van der Waals surface area contributed by atoms with Gasteiger partial charge in [0.15, 0.2) is 5.13 Å². The van der Waals surface area contributed by atoms with E-state index in [-0.39, 0.29) is 5.91 Å². The molecular weight excluding hydrogens is 451 g/mol. The number of benzene rings is 1. The summed E-state index contributed by atoms with van der Waals surface area (Å²) in [6, 6.07) is 16.5. The van der Waals surface area contributed by atoms with Gasteiger partial charge >= 0.3 is 0 Å². The standard InChI is InChI=1S/C25H19FN6OS/c26-23-13-18(10-11-27-23)14-31-12-4-7-22(31)24(33)30-25-29-20(16-34-25)9-8-19-15-32(17-28-19)21-5-2-1-3-6-21/h1-13,15-17H,14H2,(H,29,30,33)/b9-8+. The van der Waals surface area contributed by atoms with Crippen molar-refractivity contribution in [1.82, 2.24) is 24.1 Å². The number of amides is 1. The molecule has 0 spiro atoms. The fraction of sp³-hybridized carbons (Fsp3) is 0.0400. The maximum absolute atomic E-state index is 13.4. The van der Waals surface area contributed by atoms with E-state index in [0.717, 1.165) is 17.1 Å². The number of aromatic nitrogens is 5. The van der Waals surface area contributed by atoms with Crippen LogP contribution in [0.2, 0.25) is 0 Å². The van der Waals surface area contributed by atoms with Crippen molar-refractivity contribution >= 4 is 34.5 Å². The minimum absolute atomic E-state index is 0.286. The van der Waals surface area contributed by atoms with Crippen molar-refractivity contribution in [3.63, 3.8) is 0 Å². The predicted octanol–water partition coefficient (Wildman–Crippen LogP) is 5.14. The highest BCUT2D eigenvalue weighted by atomic mass is 32.1. The number of hydrogen-bond acceptors (Lipinski definition) is 5. The van der Waals surface area contributed by atoms with Gasteiger partial charge in [-0.15, -0.1) is 11.3 Å². The van der Waals surface area contributed by atoms with E-state index in [2.05, 4.69) is 20.3 Å². The fourth-order valence-electron chi connectivity index (χ4n) is 3.41. The van der Waals surface area contributed by atoms with Crippen LogP contribution in [0, 0.1) is 5.95 Å². The minimum Gasteiger partial charge on any atom is -0.339 e. The van der Waals surface area contributed by atoms with E-state index in [1.807, 2.05) is 58.6 Å². The molecule has 0 bridgehead atoms. The second-order valence-electron chi connectivity index (χ2n) is 7.41. The number of pyridine rings is 1. The molecule has 9 heteroatoms. The highest BCUT2D eigenvalue weighted by molar-refractivity contribution is 7.14.